The molecule has 3 rings (SSSR count). The standard InChI is InChI=1S/C21H24FN3OS.ClH/c1-4-24(5-2)12-13-25(20(26)16-7-9-17(22)10-8-16)21-23-18-11-6-15(3)14-19(18)27-21;/h6-11,14H,4-5,12-13H2,1-3H3;1H. The number of thiazole rings is 1. The molecule has 2 aromatic carbocycles. The summed E-state index contributed by atoms with van der Waals surface area (Å²) in [4.78, 5) is 21.8. The van der Waals surface area contributed by atoms with Gasteiger partial charge in [0.15, 0.2) is 5.13 Å². The fourth-order valence-electron chi connectivity index (χ4n) is 2.95. The zero-order chi connectivity index (χ0) is 19.4. The van der Waals surface area contributed by atoms with Crippen LogP contribution in [0, 0.1) is 12.7 Å². The molecule has 0 fully saturated rings. The van der Waals surface area contributed by atoms with Gasteiger partial charge in [-0.2, -0.15) is 0 Å². The number of aromatic nitrogens is 1. The van der Waals surface area contributed by atoms with Crippen LogP contribution in [0.3, 0.4) is 0 Å². The van der Waals surface area contributed by atoms with E-state index in [9.17, 15) is 9.18 Å². The molecule has 0 N–H and O–H groups in total. The van der Waals surface area contributed by atoms with Gasteiger partial charge in [-0.15, -0.1) is 12.4 Å². The van der Waals surface area contributed by atoms with Gasteiger partial charge in [-0.05, 0) is 62.0 Å². The summed E-state index contributed by atoms with van der Waals surface area (Å²) < 4.78 is 14.3. The Morgan fingerprint density at radius 1 is 1.07 bits per heavy atom. The van der Waals surface area contributed by atoms with E-state index in [1.54, 1.807) is 4.90 Å². The normalized spacial score (nSPS) is 10.9. The lowest BCUT2D eigenvalue weighted by Gasteiger charge is -2.24. The van der Waals surface area contributed by atoms with Crippen molar-refractivity contribution in [2.75, 3.05) is 31.1 Å². The van der Waals surface area contributed by atoms with Crippen LogP contribution in [0.1, 0.15) is 29.8 Å². The SMILES string of the molecule is CCN(CC)CCN(C(=O)c1ccc(F)cc1)c1nc2ccc(C)cc2s1.Cl. The Balaban J connectivity index is 0.00000280. The van der Waals surface area contributed by atoms with Gasteiger partial charge in [0.2, 0.25) is 0 Å². The van der Waals surface area contributed by atoms with Crippen molar-refractivity contribution >= 4 is 45.0 Å². The van der Waals surface area contributed by atoms with Crippen LogP contribution in [-0.4, -0.2) is 42.0 Å². The summed E-state index contributed by atoms with van der Waals surface area (Å²) in [6.07, 6.45) is 0. The fraction of sp³-hybridized carbons (Fsp3) is 0.333. The van der Waals surface area contributed by atoms with Crippen molar-refractivity contribution in [3.8, 4) is 0 Å². The quantitative estimate of drug-likeness (QED) is 0.529. The monoisotopic (exact) mass is 421 g/mol. The first kappa shape index (κ1) is 22.3. The van der Waals surface area contributed by atoms with Gasteiger partial charge in [0.1, 0.15) is 5.82 Å². The average Bonchev–Trinajstić information content (AvgIpc) is 3.08. The number of benzene rings is 2. The number of halogens is 2. The molecule has 3 aromatic rings. The maximum absolute atomic E-state index is 13.3. The van der Waals surface area contributed by atoms with Crippen LogP contribution < -0.4 is 4.90 Å². The maximum Gasteiger partial charge on any atom is 0.260 e. The van der Waals surface area contributed by atoms with Gasteiger partial charge >= 0.3 is 0 Å². The molecule has 1 aromatic heterocycles. The first-order valence-electron chi connectivity index (χ1n) is 9.18. The van der Waals surface area contributed by atoms with Crippen molar-refractivity contribution in [1.82, 2.24) is 9.88 Å². The van der Waals surface area contributed by atoms with Crippen LogP contribution in [-0.2, 0) is 0 Å². The minimum atomic E-state index is -0.350. The molecule has 0 aliphatic carbocycles. The predicted molar refractivity (Wildman–Crippen MR) is 117 cm³/mol. The van der Waals surface area contributed by atoms with Gasteiger partial charge in [-0.25, -0.2) is 9.37 Å². The van der Waals surface area contributed by atoms with Crippen LogP contribution in [0.2, 0.25) is 0 Å². The number of fused-ring (bicyclic) bond motifs is 1. The molecule has 0 bridgehead atoms. The number of carbonyl (C=O) groups excluding carboxylic acids is 1. The number of amides is 1. The Hall–Kier alpha value is -2.02. The van der Waals surface area contributed by atoms with Crippen molar-refractivity contribution in [2.24, 2.45) is 0 Å². The van der Waals surface area contributed by atoms with Crippen LogP contribution in [0.5, 0.6) is 0 Å². The molecule has 4 nitrogen and oxygen atoms in total. The third kappa shape index (κ3) is 5.07. The fourth-order valence-corrected chi connectivity index (χ4v) is 4.04. The lowest BCUT2D eigenvalue weighted by Crippen LogP contribution is -2.38. The maximum atomic E-state index is 13.3. The van der Waals surface area contributed by atoms with E-state index in [0.29, 0.717) is 17.2 Å². The largest absolute Gasteiger partial charge is 0.302 e. The second kappa shape index (κ2) is 9.96. The number of nitrogens with zero attached hydrogens (tertiary/aromatic N) is 3. The lowest BCUT2D eigenvalue weighted by molar-refractivity contribution is 0.0983. The molecule has 0 radical (unpaired) electrons. The molecule has 1 amide bonds. The Morgan fingerprint density at radius 2 is 1.75 bits per heavy atom. The summed E-state index contributed by atoms with van der Waals surface area (Å²) in [7, 11) is 0. The minimum absolute atomic E-state index is 0. The van der Waals surface area contributed by atoms with E-state index in [4.69, 9.17) is 0 Å². The van der Waals surface area contributed by atoms with Crippen LogP contribution >= 0.6 is 23.7 Å². The van der Waals surface area contributed by atoms with Crippen molar-refractivity contribution < 1.29 is 9.18 Å². The van der Waals surface area contributed by atoms with E-state index in [1.807, 2.05) is 19.1 Å². The predicted octanol–water partition coefficient (Wildman–Crippen LogP) is 5.15. The van der Waals surface area contributed by atoms with E-state index < -0.39 is 0 Å². The Labute approximate surface area is 175 Å². The second-order valence-corrected chi connectivity index (χ2v) is 7.47. The molecule has 0 saturated heterocycles. The molecule has 28 heavy (non-hydrogen) atoms. The highest BCUT2D eigenvalue weighted by atomic mass is 35.5. The molecule has 0 atom stereocenters. The first-order chi connectivity index (χ1) is 13.0. The van der Waals surface area contributed by atoms with E-state index in [-0.39, 0.29) is 24.1 Å². The lowest BCUT2D eigenvalue weighted by atomic mass is 10.2. The summed E-state index contributed by atoms with van der Waals surface area (Å²) in [5, 5.41) is 0.678. The zero-order valence-electron chi connectivity index (χ0n) is 16.3. The summed E-state index contributed by atoms with van der Waals surface area (Å²) in [6, 6.07) is 11.8. The van der Waals surface area contributed by atoms with E-state index in [2.05, 4.69) is 29.8 Å². The highest BCUT2D eigenvalue weighted by Gasteiger charge is 2.22. The molecule has 0 aliphatic rings. The van der Waals surface area contributed by atoms with Crippen LogP contribution in [0.4, 0.5) is 9.52 Å². The van der Waals surface area contributed by atoms with E-state index >= 15 is 0 Å². The Kier molecular flexibility index (Phi) is 7.92. The van der Waals surface area contributed by atoms with Gasteiger partial charge in [-0.1, -0.05) is 31.3 Å². The number of carbonyl (C=O) groups is 1. The second-order valence-electron chi connectivity index (χ2n) is 6.46. The minimum Gasteiger partial charge on any atom is -0.302 e. The summed E-state index contributed by atoms with van der Waals surface area (Å²) in [6.45, 7) is 9.40. The molecular weight excluding hydrogens is 397 g/mol. The number of rotatable bonds is 7. The van der Waals surface area contributed by atoms with E-state index in [0.717, 1.165) is 35.4 Å². The summed E-state index contributed by atoms with van der Waals surface area (Å²) >= 11 is 1.51. The summed E-state index contributed by atoms with van der Waals surface area (Å²) in [5.74, 6) is -0.505. The van der Waals surface area contributed by atoms with Crippen molar-refractivity contribution in [3.05, 3.63) is 59.4 Å². The molecule has 0 spiro atoms. The Morgan fingerprint density at radius 3 is 2.39 bits per heavy atom. The third-order valence-corrected chi connectivity index (χ3v) is 5.68. The van der Waals surface area contributed by atoms with Crippen LogP contribution in [0.25, 0.3) is 10.2 Å². The number of anilines is 1. The van der Waals surface area contributed by atoms with Gasteiger partial charge in [0, 0.05) is 18.7 Å². The van der Waals surface area contributed by atoms with Crippen LogP contribution in [0.15, 0.2) is 42.5 Å². The number of aryl methyl sites for hydroxylation is 1. The number of hydrogen-bond donors (Lipinski definition) is 0. The molecular formula is C21H25ClFN3OS. The first-order valence-corrected chi connectivity index (χ1v) is 10.0. The van der Waals surface area contributed by atoms with Crippen molar-refractivity contribution in [1.29, 1.82) is 0 Å². The molecule has 7 heteroatoms. The zero-order valence-corrected chi connectivity index (χ0v) is 17.9. The van der Waals surface area contributed by atoms with Gasteiger partial charge < -0.3 is 4.90 Å². The van der Waals surface area contributed by atoms with Gasteiger partial charge in [0.05, 0.1) is 10.2 Å². The number of likely N-dealkylation sites (N-methyl/N-ethyl adjacent to an activating group) is 1. The van der Waals surface area contributed by atoms with Gasteiger partial charge in [0.25, 0.3) is 5.91 Å². The molecule has 0 aliphatic heterocycles. The van der Waals surface area contributed by atoms with Gasteiger partial charge in [-0.3, -0.25) is 9.69 Å². The third-order valence-electron chi connectivity index (χ3n) is 4.63. The van der Waals surface area contributed by atoms with Crippen molar-refractivity contribution in [2.45, 2.75) is 20.8 Å². The summed E-state index contributed by atoms with van der Waals surface area (Å²) in [5.41, 5.74) is 2.52. The molecule has 0 unspecified atom stereocenters. The Bertz CT molecular complexity index is 925. The van der Waals surface area contributed by atoms with Crippen molar-refractivity contribution in [3.63, 3.8) is 0 Å². The highest BCUT2D eigenvalue weighted by Crippen LogP contribution is 2.30. The molecule has 1 heterocycles. The molecule has 0 saturated carbocycles. The highest BCUT2D eigenvalue weighted by molar-refractivity contribution is 7.22. The average molecular weight is 422 g/mol. The van der Waals surface area contributed by atoms with E-state index in [1.165, 1.54) is 35.6 Å². The number of hydrogen-bond acceptors (Lipinski definition) is 4. The molecule has 150 valence electrons. The topological polar surface area (TPSA) is 36.4 Å². The smallest absolute Gasteiger partial charge is 0.260 e.